The fourth-order valence-electron chi connectivity index (χ4n) is 3.93. The van der Waals surface area contributed by atoms with Gasteiger partial charge in [-0.05, 0) is 41.3 Å². The van der Waals surface area contributed by atoms with Gasteiger partial charge in [0.1, 0.15) is 11.4 Å². The second-order valence-corrected chi connectivity index (χ2v) is 10.9. The van der Waals surface area contributed by atoms with Crippen molar-refractivity contribution in [3.8, 4) is 22.8 Å². The highest BCUT2D eigenvalue weighted by Gasteiger charge is 2.24. The van der Waals surface area contributed by atoms with Crippen LogP contribution in [0.3, 0.4) is 0 Å². The van der Waals surface area contributed by atoms with Gasteiger partial charge < -0.3 is 19.6 Å². The van der Waals surface area contributed by atoms with Crippen LogP contribution >= 0.6 is 0 Å². The Hall–Kier alpha value is -4.05. The molecule has 10 heteroatoms. The minimum atomic E-state index is -3.88. The molecule has 0 spiro atoms. The summed E-state index contributed by atoms with van der Waals surface area (Å²) < 4.78 is 39.4. The highest BCUT2D eigenvalue weighted by molar-refractivity contribution is 7.92. The summed E-state index contributed by atoms with van der Waals surface area (Å²) in [7, 11) is -0.964. The molecule has 0 aliphatic heterocycles. The summed E-state index contributed by atoms with van der Waals surface area (Å²) in [5.74, 6) is -0.520. The van der Waals surface area contributed by atoms with Gasteiger partial charge >= 0.3 is 5.97 Å². The van der Waals surface area contributed by atoms with Crippen molar-refractivity contribution in [3.05, 3.63) is 66.0 Å². The smallest absolute Gasteiger partial charge is 0.352 e. The van der Waals surface area contributed by atoms with E-state index in [0.717, 1.165) is 5.56 Å². The molecular weight excluding hydrogens is 482 g/mol. The predicted octanol–water partition coefficient (Wildman–Crippen LogP) is 5.04. The molecule has 0 atom stereocenters. The van der Waals surface area contributed by atoms with Gasteiger partial charge in [-0.15, -0.1) is 0 Å². The van der Waals surface area contributed by atoms with Gasteiger partial charge in [-0.25, -0.2) is 18.2 Å². The number of fused-ring (bicyclic) bond motifs is 1. The normalized spacial score (nSPS) is 11.9. The van der Waals surface area contributed by atoms with Crippen molar-refractivity contribution in [1.29, 1.82) is 0 Å². The first kappa shape index (κ1) is 25.1. The lowest BCUT2D eigenvalue weighted by Gasteiger charge is -2.19. The van der Waals surface area contributed by atoms with Gasteiger partial charge in [0.25, 0.3) is 10.0 Å². The number of sulfonamides is 1. The number of nitrogens with zero attached hydrogens (tertiary/aromatic N) is 1. The van der Waals surface area contributed by atoms with Crippen LogP contribution in [-0.4, -0.2) is 43.7 Å². The number of pyridine rings is 1. The number of H-pyrrole nitrogens is 1. The molecule has 0 unspecified atom stereocenters. The molecule has 2 aromatic carbocycles. The van der Waals surface area contributed by atoms with Gasteiger partial charge in [-0.3, -0.25) is 4.72 Å². The SMILES string of the molecule is COc1cc(OC)c(-c2c(C(=O)O)[nH]c3ccc(NS(=O)(=O)c4ccc(C(C)(C)C)cc4)cc23)cn1. The van der Waals surface area contributed by atoms with E-state index in [1.54, 1.807) is 48.5 Å². The van der Waals surface area contributed by atoms with Crippen LogP contribution in [0.15, 0.2) is 59.6 Å². The Kier molecular flexibility index (Phi) is 6.40. The summed E-state index contributed by atoms with van der Waals surface area (Å²) in [6.45, 7) is 6.16. The second-order valence-electron chi connectivity index (χ2n) is 9.25. The standard InChI is InChI=1S/C26H27N3O6S/c1-26(2,3)15-6-9-17(10-7-15)36(32,33)29-16-8-11-20-18(12-16)23(24(28-20)25(30)31)19-14-27-22(35-5)13-21(19)34-4/h6-14,28-29H,1-5H3,(H,30,31). The van der Waals surface area contributed by atoms with E-state index in [9.17, 15) is 18.3 Å². The number of hydrogen-bond donors (Lipinski definition) is 3. The summed E-state index contributed by atoms with van der Waals surface area (Å²) >= 11 is 0. The van der Waals surface area contributed by atoms with Gasteiger partial charge in [0, 0.05) is 40.0 Å². The first-order valence-corrected chi connectivity index (χ1v) is 12.5. The first-order chi connectivity index (χ1) is 16.9. The third-order valence-corrected chi connectivity index (χ3v) is 7.23. The predicted molar refractivity (Wildman–Crippen MR) is 138 cm³/mol. The van der Waals surface area contributed by atoms with Crippen LogP contribution in [0.4, 0.5) is 5.69 Å². The number of nitrogens with one attached hydrogen (secondary N) is 2. The molecule has 0 bridgehead atoms. The first-order valence-electron chi connectivity index (χ1n) is 11.1. The maximum absolute atomic E-state index is 13.1. The molecule has 0 aliphatic carbocycles. The summed E-state index contributed by atoms with van der Waals surface area (Å²) in [6, 6.07) is 13.0. The van der Waals surface area contributed by atoms with Crippen molar-refractivity contribution in [2.45, 2.75) is 31.1 Å². The maximum Gasteiger partial charge on any atom is 0.352 e. The molecule has 3 N–H and O–H groups in total. The number of ether oxygens (including phenoxy) is 2. The molecule has 4 rings (SSSR count). The number of aromatic amines is 1. The van der Waals surface area contributed by atoms with Crippen molar-refractivity contribution < 1.29 is 27.8 Å². The maximum atomic E-state index is 13.1. The number of aromatic nitrogens is 2. The summed E-state index contributed by atoms with van der Waals surface area (Å²) in [4.78, 5) is 19.3. The van der Waals surface area contributed by atoms with E-state index in [4.69, 9.17) is 9.47 Å². The molecular formula is C26H27N3O6S. The van der Waals surface area contributed by atoms with Crippen LogP contribution < -0.4 is 14.2 Å². The van der Waals surface area contributed by atoms with Crippen molar-refractivity contribution in [2.24, 2.45) is 0 Å². The number of benzene rings is 2. The zero-order valence-electron chi connectivity index (χ0n) is 20.5. The Morgan fingerprint density at radius 3 is 2.31 bits per heavy atom. The fourth-order valence-corrected chi connectivity index (χ4v) is 4.98. The Labute approximate surface area is 209 Å². The Balaban J connectivity index is 1.80. The second kappa shape index (κ2) is 9.19. The lowest BCUT2D eigenvalue weighted by molar-refractivity contribution is 0.0692. The van der Waals surface area contributed by atoms with Crippen LogP contribution in [0, 0.1) is 0 Å². The monoisotopic (exact) mass is 509 g/mol. The minimum absolute atomic E-state index is 0.0759. The minimum Gasteiger partial charge on any atom is -0.496 e. The Morgan fingerprint density at radius 1 is 1.03 bits per heavy atom. The number of carboxylic acids is 1. The topological polar surface area (TPSA) is 131 Å². The van der Waals surface area contributed by atoms with Gasteiger partial charge in [0.05, 0.1) is 19.1 Å². The van der Waals surface area contributed by atoms with E-state index in [2.05, 4.69) is 35.5 Å². The average molecular weight is 510 g/mol. The summed E-state index contributed by atoms with van der Waals surface area (Å²) in [5, 5.41) is 10.3. The number of carboxylic acid groups (broad SMARTS) is 1. The summed E-state index contributed by atoms with van der Waals surface area (Å²) in [5.41, 5.74) is 2.36. The lowest BCUT2D eigenvalue weighted by atomic mass is 9.87. The van der Waals surface area contributed by atoms with E-state index in [0.29, 0.717) is 33.7 Å². The van der Waals surface area contributed by atoms with E-state index in [1.807, 2.05) is 0 Å². The van der Waals surface area contributed by atoms with Crippen LogP contribution in [0.25, 0.3) is 22.0 Å². The van der Waals surface area contributed by atoms with Crippen LogP contribution in [0.2, 0.25) is 0 Å². The van der Waals surface area contributed by atoms with Gasteiger partial charge in [-0.1, -0.05) is 32.9 Å². The molecule has 0 aliphatic rings. The Bertz CT molecular complexity index is 1550. The largest absolute Gasteiger partial charge is 0.496 e. The molecule has 2 heterocycles. The van der Waals surface area contributed by atoms with Gasteiger partial charge in [-0.2, -0.15) is 0 Å². The fraction of sp³-hybridized carbons (Fsp3) is 0.231. The number of anilines is 1. The molecule has 0 amide bonds. The summed E-state index contributed by atoms with van der Waals surface area (Å²) in [6.07, 6.45) is 1.46. The van der Waals surface area contributed by atoms with Gasteiger partial charge in [0.15, 0.2) is 0 Å². The molecule has 0 fully saturated rings. The van der Waals surface area contributed by atoms with E-state index < -0.39 is 16.0 Å². The Morgan fingerprint density at radius 2 is 1.72 bits per heavy atom. The van der Waals surface area contributed by atoms with Crippen LogP contribution in [0.1, 0.15) is 36.8 Å². The number of methoxy groups -OCH3 is 2. The third-order valence-electron chi connectivity index (χ3n) is 5.83. The molecule has 2 aromatic heterocycles. The van der Waals surface area contributed by atoms with Crippen LogP contribution in [0.5, 0.6) is 11.6 Å². The van der Waals surface area contributed by atoms with E-state index in [1.165, 1.54) is 20.4 Å². The number of rotatable bonds is 7. The average Bonchev–Trinajstić information content (AvgIpc) is 3.22. The van der Waals surface area contributed by atoms with E-state index in [-0.39, 0.29) is 21.7 Å². The number of carbonyl (C=O) groups is 1. The molecule has 188 valence electrons. The quantitative estimate of drug-likeness (QED) is 0.318. The third kappa shape index (κ3) is 4.72. The molecule has 0 saturated carbocycles. The highest BCUT2D eigenvalue weighted by Crippen LogP contribution is 2.40. The van der Waals surface area contributed by atoms with Crippen LogP contribution in [-0.2, 0) is 15.4 Å². The number of aromatic carboxylic acids is 1. The highest BCUT2D eigenvalue weighted by atomic mass is 32.2. The lowest BCUT2D eigenvalue weighted by Crippen LogP contribution is -2.14. The molecule has 0 radical (unpaired) electrons. The van der Waals surface area contributed by atoms with E-state index >= 15 is 0 Å². The van der Waals surface area contributed by atoms with Crippen molar-refractivity contribution in [2.75, 3.05) is 18.9 Å². The zero-order valence-corrected chi connectivity index (χ0v) is 21.4. The van der Waals surface area contributed by atoms with Crippen molar-refractivity contribution in [3.63, 3.8) is 0 Å². The van der Waals surface area contributed by atoms with Gasteiger partial charge in [0.2, 0.25) is 5.88 Å². The zero-order chi connectivity index (χ0) is 26.3. The van der Waals surface area contributed by atoms with Crippen molar-refractivity contribution >= 4 is 32.6 Å². The molecule has 0 saturated heterocycles. The molecule has 4 aromatic rings. The number of hydrogen-bond acceptors (Lipinski definition) is 6. The molecule has 36 heavy (non-hydrogen) atoms. The van der Waals surface area contributed by atoms with Crippen molar-refractivity contribution in [1.82, 2.24) is 9.97 Å². The molecule has 9 nitrogen and oxygen atoms in total.